The van der Waals surface area contributed by atoms with Crippen molar-refractivity contribution >= 4 is 34.1 Å². The van der Waals surface area contributed by atoms with Gasteiger partial charge in [0, 0.05) is 30.9 Å². The van der Waals surface area contributed by atoms with Gasteiger partial charge in [0.1, 0.15) is 12.2 Å². The summed E-state index contributed by atoms with van der Waals surface area (Å²) in [4.78, 5) is 44.8. The van der Waals surface area contributed by atoms with Gasteiger partial charge in [-0.3, -0.25) is 19.0 Å². The van der Waals surface area contributed by atoms with Gasteiger partial charge in [-0.25, -0.2) is 4.98 Å². The topological polar surface area (TPSA) is 84.3 Å². The van der Waals surface area contributed by atoms with E-state index in [1.165, 1.54) is 0 Å². The van der Waals surface area contributed by atoms with Crippen molar-refractivity contribution < 1.29 is 9.59 Å². The fraction of sp³-hybridized carbons (Fsp3) is 0.360. The smallest absolute Gasteiger partial charge is 0.261 e. The second-order valence-corrected chi connectivity index (χ2v) is 8.53. The van der Waals surface area contributed by atoms with Crippen LogP contribution < -0.4 is 15.8 Å². The van der Waals surface area contributed by atoms with Gasteiger partial charge in [0.2, 0.25) is 11.8 Å². The number of benzene rings is 2. The van der Waals surface area contributed by atoms with E-state index in [-0.39, 0.29) is 23.8 Å². The van der Waals surface area contributed by atoms with E-state index in [9.17, 15) is 14.4 Å². The minimum absolute atomic E-state index is 0.0657. The Labute approximate surface area is 186 Å². The van der Waals surface area contributed by atoms with Crippen LogP contribution in [0.25, 0.3) is 10.9 Å². The van der Waals surface area contributed by atoms with Crippen LogP contribution in [-0.2, 0) is 29.0 Å². The average Bonchev–Trinajstić information content (AvgIpc) is 3.05. The van der Waals surface area contributed by atoms with E-state index < -0.39 is 0 Å². The maximum absolute atomic E-state index is 13.0. The van der Waals surface area contributed by atoms with E-state index in [1.807, 2.05) is 24.3 Å². The highest BCUT2D eigenvalue weighted by Crippen LogP contribution is 2.27. The van der Waals surface area contributed by atoms with Crippen molar-refractivity contribution in [2.24, 2.45) is 0 Å². The van der Waals surface area contributed by atoms with Crippen molar-refractivity contribution in [3.63, 3.8) is 0 Å². The Hall–Kier alpha value is -3.48. The lowest BCUT2D eigenvalue weighted by Crippen LogP contribution is -2.37. The minimum atomic E-state index is -0.389. The highest BCUT2D eigenvalue weighted by Gasteiger charge is 2.24. The molecule has 32 heavy (non-hydrogen) atoms. The van der Waals surface area contributed by atoms with Crippen LogP contribution in [0.2, 0.25) is 0 Å². The van der Waals surface area contributed by atoms with E-state index >= 15 is 0 Å². The highest BCUT2D eigenvalue weighted by molar-refractivity contribution is 6.09. The predicted octanol–water partition coefficient (Wildman–Crippen LogP) is 3.43. The lowest BCUT2D eigenvalue weighted by molar-refractivity contribution is -0.125. The number of anilines is 2. The Morgan fingerprint density at radius 1 is 0.969 bits per heavy atom. The summed E-state index contributed by atoms with van der Waals surface area (Å²) >= 11 is 0. The molecule has 0 bridgehead atoms. The van der Waals surface area contributed by atoms with Gasteiger partial charge in [-0.2, -0.15) is 0 Å². The molecular formula is C25H26N4O3. The number of rotatable bonds is 3. The van der Waals surface area contributed by atoms with Gasteiger partial charge in [-0.15, -0.1) is 0 Å². The third kappa shape index (κ3) is 3.90. The van der Waals surface area contributed by atoms with Crippen molar-refractivity contribution in [2.75, 3.05) is 16.8 Å². The third-order valence-corrected chi connectivity index (χ3v) is 6.32. The average molecular weight is 431 g/mol. The molecule has 2 aliphatic rings. The molecular weight excluding hydrogens is 404 g/mol. The quantitative estimate of drug-likeness (QED) is 0.645. The predicted molar refractivity (Wildman–Crippen MR) is 124 cm³/mol. The van der Waals surface area contributed by atoms with Crippen LogP contribution >= 0.6 is 0 Å². The number of hydrogen-bond acceptors (Lipinski definition) is 4. The van der Waals surface area contributed by atoms with Crippen LogP contribution in [0.1, 0.15) is 43.5 Å². The normalized spacial score (nSPS) is 15.6. The Balaban J connectivity index is 1.33. The molecule has 7 nitrogen and oxygen atoms in total. The van der Waals surface area contributed by atoms with Gasteiger partial charge in [-0.1, -0.05) is 24.6 Å². The van der Waals surface area contributed by atoms with Crippen LogP contribution in [0.5, 0.6) is 0 Å². The number of aromatic nitrogens is 2. The molecule has 5 rings (SSSR count). The molecule has 0 saturated heterocycles. The standard InChI is InChI=1S/C25H26N4O3/c30-23(16-24(31)28-14-6-8-17-7-3-4-9-21(17)28)26-18-11-12-20-19(15-18)25(32)29-13-5-1-2-10-22(29)27-20/h3-4,7,9,11-12,15H,1-2,5-6,8,10,13-14,16H2,(H,26,30). The van der Waals surface area contributed by atoms with Gasteiger partial charge in [0.15, 0.2) is 0 Å². The second kappa shape index (κ2) is 8.57. The largest absolute Gasteiger partial charge is 0.326 e. The van der Waals surface area contributed by atoms with E-state index in [0.29, 0.717) is 29.7 Å². The molecule has 0 radical (unpaired) electrons. The number of aryl methyl sites for hydroxylation is 2. The summed E-state index contributed by atoms with van der Waals surface area (Å²) in [5.41, 5.74) is 3.10. The first-order chi connectivity index (χ1) is 15.6. The molecule has 3 heterocycles. The maximum Gasteiger partial charge on any atom is 0.261 e. The van der Waals surface area contributed by atoms with Crippen molar-refractivity contribution in [1.29, 1.82) is 0 Å². The molecule has 1 aromatic heterocycles. The number of carbonyl (C=O) groups excluding carboxylic acids is 2. The first kappa shape index (κ1) is 20.4. The number of hydrogen-bond donors (Lipinski definition) is 1. The Morgan fingerprint density at radius 3 is 2.75 bits per heavy atom. The summed E-state index contributed by atoms with van der Waals surface area (Å²) in [6.45, 7) is 1.30. The van der Waals surface area contributed by atoms with E-state index in [1.54, 1.807) is 27.7 Å². The molecule has 0 saturated carbocycles. The fourth-order valence-electron chi connectivity index (χ4n) is 4.73. The SMILES string of the molecule is O=C(CC(=O)N1CCCc2ccccc21)Nc1ccc2nc3n(c(=O)c2c1)CCCCC3. The Bertz CT molecular complexity index is 1260. The van der Waals surface area contributed by atoms with Crippen LogP contribution in [0.4, 0.5) is 11.4 Å². The van der Waals surface area contributed by atoms with Crippen LogP contribution in [0.3, 0.4) is 0 Å². The Morgan fingerprint density at radius 2 is 1.84 bits per heavy atom. The van der Waals surface area contributed by atoms with Gasteiger partial charge in [0.05, 0.1) is 10.9 Å². The van der Waals surface area contributed by atoms with E-state index in [0.717, 1.165) is 55.6 Å². The number of carbonyl (C=O) groups is 2. The summed E-state index contributed by atoms with van der Waals surface area (Å²) < 4.78 is 1.76. The highest BCUT2D eigenvalue weighted by atomic mass is 16.2. The molecule has 2 aliphatic heterocycles. The van der Waals surface area contributed by atoms with Gasteiger partial charge < -0.3 is 10.2 Å². The number of amides is 2. The van der Waals surface area contributed by atoms with E-state index in [4.69, 9.17) is 0 Å². The molecule has 2 amide bonds. The Kier molecular flexibility index (Phi) is 5.47. The van der Waals surface area contributed by atoms with Crippen molar-refractivity contribution in [3.8, 4) is 0 Å². The maximum atomic E-state index is 13.0. The number of nitrogens with one attached hydrogen (secondary N) is 1. The number of fused-ring (bicyclic) bond motifs is 3. The summed E-state index contributed by atoms with van der Waals surface area (Å²) in [5.74, 6) is 0.229. The van der Waals surface area contributed by atoms with Gasteiger partial charge in [0.25, 0.3) is 5.56 Å². The molecule has 0 unspecified atom stereocenters. The van der Waals surface area contributed by atoms with Gasteiger partial charge in [-0.05, 0) is 55.5 Å². The first-order valence-electron chi connectivity index (χ1n) is 11.3. The molecule has 2 aromatic carbocycles. The molecule has 0 atom stereocenters. The molecule has 3 aromatic rings. The zero-order chi connectivity index (χ0) is 22.1. The van der Waals surface area contributed by atoms with Crippen molar-refractivity contribution in [1.82, 2.24) is 9.55 Å². The summed E-state index contributed by atoms with van der Waals surface area (Å²) in [6.07, 6.45) is 5.50. The third-order valence-electron chi connectivity index (χ3n) is 6.32. The number of nitrogens with zero attached hydrogens (tertiary/aromatic N) is 3. The first-order valence-corrected chi connectivity index (χ1v) is 11.3. The molecule has 7 heteroatoms. The second-order valence-electron chi connectivity index (χ2n) is 8.53. The summed E-state index contributed by atoms with van der Waals surface area (Å²) in [6, 6.07) is 13.0. The minimum Gasteiger partial charge on any atom is -0.326 e. The molecule has 0 spiro atoms. The summed E-state index contributed by atoms with van der Waals surface area (Å²) in [7, 11) is 0. The zero-order valence-electron chi connectivity index (χ0n) is 18.0. The van der Waals surface area contributed by atoms with E-state index in [2.05, 4.69) is 10.3 Å². The van der Waals surface area contributed by atoms with Crippen molar-refractivity contribution in [2.45, 2.75) is 51.5 Å². The van der Waals surface area contributed by atoms with Crippen LogP contribution in [-0.4, -0.2) is 27.9 Å². The van der Waals surface area contributed by atoms with Crippen molar-refractivity contribution in [3.05, 3.63) is 64.2 Å². The number of para-hydroxylation sites is 1. The summed E-state index contributed by atoms with van der Waals surface area (Å²) in [5, 5.41) is 3.28. The monoisotopic (exact) mass is 430 g/mol. The molecule has 1 N–H and O–H groups in total. The van der Waals surface area contributed by atoms with Crippen LogP contribution in [0, 0.1) is 0 Å². The van der Waals surface area contributed by atoms with Gasteiger partial charge >= 0.3 is 0 Å². The molecule has 0 aliphatic carbocycles. The lowest BCUT2D eigenvalue weighted by Gasteiger charge is -2.29. The lowest BCUT2D eigenvalue weighted by atomic mass is 10.0. The molecule has 164 valence electrons. The fourth-order valence-corrected chi connectivity index (χ4v) is 4.73. The molecule has 0 fully saturated rings. The zero-order valence-corrected chi connectivity index (χ0v) is 18.0. The van der Waals surface area contributed by atoms with Crippen LogP contribution in [0.15, 0.2) is 47.3 Å².